The van der Waals surface area contributed by atoms with Crippen molar-refractivity contribution in [2.75, 3.05) is 0 Å². The fraction of sp³-hybridized carbons (Fsp3) is 0.526. The second kappa shape index (κ2) is 6.61. The van der Waals surface area contributed by atoms with Gasteiger partial charge < -0.3 is 9.84 Å². The smallest absolute Gasteiger partial charge is 0.338 e. The van der Waals surface area contributed by atoms with Crippen molar-refractivity contribution in [3.63, 3.8) is 0 Å². The van der Waals surface area contributed by atoms with Crippen LogP contribution in [0.4, 0.5) is 0 Å². The molecule has 23 heavy (non-hydrogen) atoms. The zero-order valence-electron chi connectivity index (χ0n) is 14.6. The summed E-state index contributed by atoms with van der Waals surface area (Å²) in [6.07, 6.45) is 0.884. The average molecular weight is 333 g/mol. The molecule has 1 aromatic rings. The number of esters is 1. The highest BCUT2D eigenvalue weighted by molar-refractivity contribution is 6.89. The molecule has 0 heterocycles. The molecular formula is C19H28O3Si. The second-order valence-corrected chi connectivity index (χ2v) is 12.3. The third-order valence-electron chi connectivity index (χ3n) is 4.86. The Labute approximate surface area is 140 Å². The highest BCUT2D eigenvalue weighted by Gasteiger charge is 2.52. The Bertz CT molecular complexity index is 580. The Morgan fingerprint density at radius 1 is 1.39 bits per heavy atom. The SMILES string of the molecule is C=C1CC[C@@](O)(C(=O)OC(C)C)[C@@H]1C[Si](C)(C)c1ccccc1. The van der Waals surface area contributed by atoms with Crippen molar-refractivity contribution < 1.29 is 14.6 Å². The van der Waals surface area contributed by atoms with Crippen LogP contribution in [-0.4, -0.2) is 30.9 Å². The topological polar surface area (TPSA) is 46.5 Å². The largest absolute Gasteiger partial charge is 0.461 e. The van der Waals surface area contributed by atoms with Gasteiger partial charge in [0.05, 0.1) is 14.2 Å². The number of rotatable bonds is 5. The molecule has 0 unspecified atom stereocenters. The second-order valence-electron chi connectivity index (χ2n) is 7.54. The van der Waals surface area contributed by atoms with Crippen molar-refractivity contribution >= 4 is 19.2 Å². The molecule has 0 spiro atoms. The van der Waals surface area contributed by atoms with Crippen LogP contribution in [0.1, 0.15) is 26.7 Å². The zero-order valence-corrected chi connectivity index (χ0v) is 15.6. The van der Waals surface area contributed by atoms with E-state index in [-0.39, 0.29) is 12.0 Å². The van der Waals surface area contributed by atoms with Crippen molar-refractivity contribution in [1.82, 2.24) is 0 Å². The zero-order chi connectivity index (χ0) is 17.3. The molecule has 0 aliphatic heterocycles. The van der Waals surface area contributed by atoms with E-state index in [9.17, 15) is 9.90 Å². The van der Waals surface area contributed by atoms with Crippen molar-refractivity contribution in [3.05, 3.63) is 42.5 Å². The summed E-state index contributed by atoms with van der Waals surface area (Å²) in [4.78, 5) is 12.5. The Kier molecular flexibility index (Phi) is 5.16. The Morgan fingerprint density at radius 3 is 2.57 bits per heavy atom. The van der Waals surface area contributed by atoms with Crippen LogP contribution < -0.4 is 5.19 Å². The van der Waals surface area contributed by atoms with Gasteiger partial charge in [-0.05, 0) is 32.7 Å². The van der Waals surface area contributed by atoms with Gasteiger partial charge in [-0.25, -0.2) is 4.79 Å². The predicted octanol–water partition coefficient (Wildman–Crippen LogP) is 3.25. The van der Waals surface area contributed by atoms with E-state index in [0.717, 1.165) is 11.6 Å². The minimum absolute atomic E-state index is 0.212. The number of ether oxygens (including phenoxy) is 1. The highest BCUT2D eigenvalue weighted by Crippen LogP contribution is 2.44. The van der Waals surface area contributed by atoms with E-state index in [1.807, 2.05) is 32.0 Å². The minimum atomic E-state index is -1.79. The molecule has 1 fully saturated rings. The molecule has 3 nitrogen and oxygen atoms in total. The third kappa shape index (κ3) is 3.75. The number of carbonyl (C=O) groups is 1. The number of benzene rings is 1. The van der Waals surface area contributed by atoms with Crippen molar-refractivity contribution in [2.24, 2.45) is 5.92 Å². The molecule has 1 N–H and O–H groups in total. The van der Waals surface area contributed by atoms with Gasteiger partial charge in [0.2, 0.25) is 0 Å². The van der Waals surface area contributed by atoms with E-state index < -0.39 is 19.6 Å². The van der Waals surface area contributed by atoms with E-state index in [4.69, 9.17) is 4.74 Å². The average Bonchev–Trinajstić information content (AvgIpc) is 2.77. The number of hydrogen-bond donors (Lipinski definition) is 1. The fourth-order valence-corrected chi connectivity index (χ4v) is 6.41. The van der Waals surface area contributed by atoms with Crippen LogP contribution in [0.15, 0.2) is 42.5 Å². The summed E-state index contributed by atoms with van der Waals surface area (Å²) < 4.78 is 5.32. The Morgan fingerprint density at radius 2 is 2.00 bits per heavy atom. The summed E-state index contributed by atoms with van der Waals surface area (Å²) >= 11 is 0. The summed E-state index contributed by atoms with van der Waals surface area (Å²) in [5.74, 6) is -0.704. The molecule has 126 valence electrons. The molecule has 1 aromatic carbocycles. The lowest BCUT2D eigenvalue weighted by Gasteiger charge is -2.34. The summed E-state index contributed by atoms with van der Waals surface area (Å²) in [5, 5.41) is 12.4. The molecule has 4 heteroatoms. The Balaban J connectivity index is 2.25. The summed E-state index contributed by atoms with van der Waals surface area (Å²) in [7, 11) is -1.79. The van der Waals surface area contributed by atoms with Crippen LogP contribution in [-0.2, 0) is 9.53 Å². The van der Waals surface area contributed by atoms with E-state index in [1.54, 1.807) is 0 Å². The standard InChI is InChI=1S/C19H28O3Si/c1-14(2)22-18(20)19(21)12-11-15(3)17(19)13-23(4,5)16-9-7-6-8-10-16/h6-10,14,17,21H,3,11-13H2,1-2,4-5H3/t17-,19+/m1/s1. The lowest BCUT2D eigenvalue weighted by atomic mass is 9.91. The number of carbonyl (C=O) groups excluding carboxylic acids is 1. The monoisotopic (exact) mass is 332 g/mol. The van der Waals surface area contributed by atoms with Crippen LogP contribution >= 0.6 is 0 Å². The predicted molar refractivity (Wildman–Crippen MR) is 96.4 cm³/mol. The van der Waals surface area contributed by atoms with Gasteiger partial charge in [-0.3, -0.25) is 0 Å². The molecule has 0 aromatic heterocycles. The van der Waals surface area contributed by atoms with Gasteiger partial charge in [-0.2, -0.15) is 0 Å². The Hall–Kier alpha value is -1.39. The van der Waals surface area contributed by atoms with Gasteiger partial charge in [0.15, 0.2) is 5.60 Å². The maximum absolute atomic E-state index is 12.5. The van der Waals surface area contributed by atoms with Crippen LogP contribution in [0, 0.1) is 5.92 Å². The third-order valence-corrected chi connectivity index (χ3v) is 8.19. The van der Waals surface area contributed by atoms with Gasteiger partial charge >= 0.3 is 5.97 Å². The van der Waals surface area contributed by atoms with Crippen molar-refractivity contribution in [1.29, 1.82) is 0 Å². The lowest BCUT2D eigenvalue weighted by Crippen LogP contribution is -2.50. The summed E-state index contributed by atoms with van der Waals surface area (Å²) in [6.45, 7) is 12.3. The molecule has 0 amide bonds. The summed E-state index contributed by atoms with van der Waals surface area (Å²) in [6, 6.07) is 11.2. The van der Waals surface area contributed by atoms with Gasteiger partial charge in [0.25, 0.3) is 0 Å². The number of aliphatic hydroxyl groups is 1. The first-order valence-electron chi connectivity index (χ1n) is 8.33. The van der Waals surface area contributed by atoms with Crippen molar-refractivity contribution in [2.45, 2.75) is 57.5 Å². The fourth-order valence-electron chi connectivity index (χ4n) is 3.43. The van der Waals surface area contributed by atoms with E-state index in [1.165, 1.54) is 5.19 Å². The molecule has 0 radical (unpaired) electrons. The molecular weight excluding hydrogens is 304 g/mol. The van der Waals surface area contributed by atoms with Crippen LogP contribution in [0.3, 0.4) is 0 Å². The maximum Gasteiger partial charge on any atom is 0.338 e. The van der Waals surface area contributed by atoms with E-state index in [2.05, 4.69) is 31.8 Å². The normalized spacial score (nSPS) is 25.0. The molecule has 2 atom stereocenters. The molecule has 1 aliphatic carbocycles. The van der Waals surface area contributed by atoms with E-state index >= 15 is 0 Å². The van der Waals surface area contributed by atoms with Crippen molar-refractivity contribution in [3.8, 4) is 0 Å². The van der Waals surface area contributed by atoms with Crippen LogP contribution in [0.5, 0.6) is 0 Å². The molecule has 0 saturated heterocycles. The molecule has 1 aliphatic rings. The van der Waals surface area contributed by atoms with Gasteiger partial charge in [-0.15, -0.1) is 0 Å². The lowest BCUT2D eigenvalue weighted by molar-refractivity contribution is -0.172. The molecule has 2 rings (SSSR count). The van der Waals surface area contributed by atoms with Crippen LogP contribution in [0.25, 0.3) is 0 Å². The quantitative estimate of drug-likeness (QED) is 0.511. The number of hydrogen-bond acceptors (Lipinski definition) is 3. The minimum Gasteiger partial charge on any atom is -0.461 e. The molecule has 1 saturated carbocycles. The first-order valence-corrected chi connectivity index (χ1v) is 11.5. The highest BCUT2D eigenvalue weighted by atomic mass is 28.3. The van der Waals surface area contributed by atoms with Crippen LogP contribution in [0.2, 0.25) is 19.1 Å². The van der Waals surface area contributed by atoms with Gasteiger partial charge in [0.1, 0.15) is 0 Å². The van der Waals surface area contributed by atoms with Gasteiger partial charge in [-0.1, -0.05) is 60.8 Å². The van der Waals surface area contributed by atoms with Gasteiger partial charge in [0, 0.05) is 5.92 Å². The summed E-state index contributed by atoms with van der Waals surface area (Å²) in [5.41, 5.74) is -0.440. The maximum atomic E-state index is 12.5. The first-order chi connectivity index (χ1) is 10.7. The first kappa shape index (κ1) is 18.0. The molecule has 0 bridgehead atoms. The van der Waals surface area contributed by atoms with E-state index in [0.29, 0.717) is 12.8 Å².